The number of rotatable bonds is 38. The molecular formula is C55H108N2O5. The highest BCUT2D eigenvalue weighted by Crippen LogP contribution is 2.42. The Morgan fingerprint density at radius 1 is 0.355 bits per heavy atom. The van der Waals surface area contributed by atoms with Gasteiger partial charge in [0.15, 0.2) is 0 Å². The maximum atomic E-state index is 13.3. The highest BCUT2D eigenvalue weighted by Gasteiger charge is 2.50. The maximum absolute atomic E-state index is 13.3. The van der Waals surface area contributed by atoms with Crippen molar-refractivity contribution in [2.75, 3.05) is 13.2 Å². The first-order chi connectivity index (χ1) is 29.6. The largest absolute Gasteiger partial charge is 0.508 e. The molecule has 2 aliphatic rings. The number of hydrogen-bond acceptors (Lipinski definition) is 7. The molecule has 0 aromatic carbocycles. The van der Waals surface area contributed by atoms with Gasteiger partial charge in [-0.3, -0.25) is 9.68 Å². The summed E-state index contributed by atoms with van der Waals surface area (Å²) in [5, 5.41) is 4.38. The SMILES string of the molecule is CCCCCCCCCCCCCCCCCCON1C(C)(C)CC(OC(=O)OC2CC(C)(C)N(OCCCCCCCCCCCCCCCCCC)C(C)(C)C2)CC1(C)C. The molecule has 62 heavy (non-hydrogen) atoms. The summed E-state index contributed by atoms with van der Waals surface area (Å²) in [7, 11) is 0. The van der Waals surface area contributed by atoms with Crippen LogP contribution in [0.4, 0.5) is 4.79 Å². The van der Waals surface area contributed by atoms with Crippen molar-refractivity contribution in [2.45, 2.75) is 335 Å². The third-order valence-corrected chi connectivity index (χ3v) is 14.1. The number of unbranched alkanes of at least 4 members (excludes halogenated alkanes) is 30. The van der Waals surface area contributed by atoms with Gasteiger partial charge in [0.25, 0.3) is 0 Å². The maximum Gasteiger partial charge on any atom is 0.508 e. The van der Waals surface area contributed by atoms with Crippen molar-refractivity contribution in [3.05, 3.63) is 0 Å². The lowest BCUT2D eigenvalue weighted by Gasteiger charge is -2.54. The van der Waals surface area contributed by atoms with Crippen molar-refractivity contribution in [1.82, 2.24) is 10.1 Å². The first-order valence-corrected chi connectivity index (χ1v) is 27.4. The molecule has 7 heteroatoms. The van der Waals surface area contributed by atoms with Gasteiger partial charge in [0.05, 0.1) is 13.2 Å². The molecule has 0 amide bonds. The van der Waals surface area contributed by atoms with Gasteiger partial charge >= 0.3 is 6.16 Å². The van der Waals surface area contributed by atoms with Crippen molar-refractivity contribution in [3.63, 3.8) is 0 Å². The average Bonchev–Trinajstić information content (AvgIpc) is 3.18. The van der Waals surface area contributed by atoms with Crippen molar-refractivity contribution in [1.29, 1.82) is 0 Å². The summed E-state index contributed by atoms with van der Waals surface area (Å²) in [6, 6.07) is 0. The number of carbonyl (C=O) groups is 1. The Balaban J connectivity index is 1.57. The van der Waals surface area contributed by atoms with Crippen LogP contribution in [0.25, 0.3) is 0 Å². The summed E-state index contributed by atoms with van der Waals surface area (Å²) in [6.45, 7) is 23.8. The molecule has 0 aliphatic carbocycles. The zero-order valence-electron chi connectivity index (χ0n) is 43.5. The molecular weight excluding hydrogens is 769 g/mol. The molecule has 0 saturated carbocycles. The number of ether oxygens (including phenoxy) is 2. The molecule has 2 rings (SSSR count). The summed E-state index contributed by atoms with van der Waals surface area (Å²) >= 11 is 0. The predicted octanol–water partition coefficient (Wildman–Crippen LogP) is 17.6. The van der Waals surface area contributed by atoms with Crippen LogP contribution in [0, 0.1) is 0 Å². The highest BCUT2D eigenvalue weighted by molar-refractivity contribution is 5.60. The van der Waals surface area contributed by atoms with E-state index in [0.29, 0.717) is 25.7 Å². The van der Waals surface area contributed by atoms with Gasteiger partial charge in [-0.15, -0.1) is 0 Å². The molecule has 0 aromatic rings. The van der Waals surface area contributed by atoms with Crippen LogP contribution in [0.1, 0.15) is 300 Å². The van der Waals surface area contributed by atoms with Gasteiger partial charge < -0.3 is 9.47 Å². The monoisotopic (exact) mass is 877 g/mol. The van der Waals surface area contributed by atoms with Crippen LogP contribution in [0.3, 0.4) is 0 Å². The van der Waals surface area contributed by atoms with E-state index in [1.807, 2.05) is 0 Å². The number of carbonyl (C=O) groups excluding carboxylic acids is 1. The Morgan fingerprint density at radius 3 is 0.758 bits per heavy atom. The molecule has 7 nitrogen and oxygen atoms in total. The van der Waals surface area contributed by atoms with Crippen molar-refractivity contribution in [2.24, 2.45) is 0 Å². The van der Waals surface area contributed by atoms with E-state index >= 15 is 0 Å². The minimum absolute atomic E-state index is 0.216. The van der Waals surface area contributed by atoms with E-state index in [1.165, 1.54) is 193 Å². The second-order valence-corrected chi connectivity index (χ2v) is 22.7. The second kappa shape index (κ2) is 32.7. The fourth-order valence-corrected chi connectivity index (χ4v) is 11.1. The van der Waals surface area contributed by atoms with Crippen molar-refractivity contribution < 1.29 is 23.9 Å². The Kier molecular flexibility index (Phi) is 30.2. The van der Waals surface area contributed by atoms with Crippen molar-refractivity contribution in [3.8, 4) is 0 Å². The first kappa shape index (κ1) is 57.2. The molecule has 0 aromatic heterocycles. The van der Waals surface area contributed by atoms with E-state index in [9.17, 15) is 4.79 Å². The number of hydroxylamine groups is 4. The lowest BCUT2D eigenvalue weighted by Crippen LogP contribution is -2.62. The Morgan fingerprint density at radius 2 is 0.548 bits per heavy atom. The minimum atomic E-state index is -0.539. The summed E-state index contributed by atoms with van der Waals surface area (Å²) in [5.41, 5.74) is -1.05. The normalized spacial score (nSPS) is 19.3. The van der Waals surface area contributed by atoms with E-state index in [4.69, 9.17) is 19.1 Å². The molecule has 368 valence electrons. The summed E-state index contributed by atoms with van der Waals surface area (Å²) in [5.74, 6) is 0. The highest BCUT2D eigenvalue weighted by atomic mass is 16.7. The summed E-state index contributed by atoms with van der Waals surface area (Å²) in [6.07, 6.45) is 45.7. The van der Waals surface area contributed by atoms with E-state index < -0.39 is 6.16 Å². The molecule has 2 aliphatic heterocycles. The van der Waals surface area contributed by atoms with Gasteiger partial charge in [-0.25, -0.2) is 4.79 Å². The topological polar surface area (TPSA) is 60.5 Å². The Labute approximate surface area is 386 Å². The van der Waals surface area contributed by atoms with E-state index in [0.717, 1.165) is 26.1 Å². The van der Waals surface area contributed by atoms with Crippen LogP contribution >= 0.6 is 0 Å². The van der Waals surface area contributed by atoms with Crippen LogP contribution in [0.5, 0.6) is 0 Å². The van der Waals surface area contributed by atoms with E-state index in [1.54, 1.807) is 0 Å². The third kappa shape index (κ3) is 25.1. The molecule has 0 unspecified atom stereocenters. The number of hydrogen-bond donors (Lipinski definition) is 0. The quantitative estimate of drug-likeness (QED) is 0.0452. The predicted molar refractivity (Wildman–Crippen MR) is 265 cm³/mol. The van der Waals surface area contributed by atoms with Gasteiger partial charge in [-0.1, -0.05) is 206 Å². The Hall–Kier alpha value is -0.890. The molecule has 0 N–H and O–H groups in total. The number of piperidine rings is 2. The lowest BCUT2D eigenvalue weighted by molar-refractivity contribution is -0.296. The molecule has 2 heterocycles. The van der Waals surface area contributed by atoms with Crippen LogP contribution in [-0.4, -0.2) is 63.9 Å². The smallest absolute Gasteiger partial charge is 0.431 e. The second-order valence-electron chi connectivity index (χ2n) is 22.7. The zero-order valence-corrected chi connectivity index (χ0v) is 43.5. The Bertz CT molecular complexity index is 973. The van der Waals surface area contributed by atoms with Gasteiger partial charge in [-0.05, 0) is 68.2 Å². The molecule has 0 bridgehead atoms. The molecule has 0 atom stereocenters. The average molecular weight is 877 g/mol. The van der Waals surface area contributed by atoms with Gasteiger partial charge in [0, 0.05) is 47.8 Å². The molecule has 2 saturated heterocycles. The fraction of sp³-hybridized carbons (Fsp3) is 0.982. The van der Waals surface area contributed by atoms with E-state index in [2.05, 4.69) is 79.4 Å². The fourth-order valence-electron chi connectivity index (χ4n) is 11.1. The standard InChI is InChI=1S/C55H108N2O5/c1-11-13-15-17-19-21-23-25-27-29-31-33-35-37-39-41-43-59-56-52(3,4)45-49(46-53(56,5)6)61-51(58)62-50-47-54(7,8)57(55(9,10)48-50)60-44-42-40-38-36-34-32-30-28-26-24-22-20-18-16-14-12-2/h49-50H,11-48H2,1-10H3. The molecule has 2 fully saturated rings. The van der Waals surface area contributed by atoms with Gasteiger partial charge in [0.2, 0.25) is 0 Å². The number of nitrogens with zero attached hydrogens (tertiary/aromatic N) is 2. The summed E-state index contributed by atoms with van der Waals surface area (Å²) in [4.78, 5) is 26.3. The first-order valence-electron chi connectivity index (χ1n) is 27.4. The van der Waals surface area contributed by atoms with Crippen LogP contribution < -0.4 is 0 Å². The minimum Gasteiger partial charge on any atom is -0.431 e. The zero-order chi connectivity index (χ0) is 45.6. The van der Waals surface area contributed by atoms with Crippen LogP contribution in [0.2, 0.25) is 0 Å². The third-order valence-electron chi connectivity index (χ3n) is 14.1. The molecule has 0 radical (unpaired) electrons. The van der Waals surface area contributed by atoms with Gasteiger partial charge in [-0.2, -0.15) is 10.1 Å². The van der Waals surface area contributed by atoms with Gasteiger partial charge in [0.1, 0.15) is 12.2 Å². The van der Waals surface area contributed by atoms with E-state index in [-0.39, 0.29) is 34.4 Å². The van der Waals surface area contributed by atoms with Crippen molar-refractivity contribution >= 4 is 6.16 Å². The lowest BCUT2D eigenvalue weighted by atomic mass is 9.80. The van der Waals surface area contributed by atoms with Crippen LogP contribution in [0.15, 0.2) is 0 Å². The molecule has 0 spiro atoms. The van der Waals surface area contributed by atoms with Crippen LogP contribution in [-0.2, 0) is 19.1 Å². The summed E-state index contributed by atoms with van der Waals surface area (Å²) < 4.78 is 12.2.